The van der Waals surface area contributed by atoms with Gasteiger partial charge in [-0.1, -0.05) is 62.8 Å². The van der Waals surface area contributed by atoms with Crippen molar-refractivity contribution in [2.75, 3.05) is 66.1 Å². The van der Waals surface area contributed by atoms with Crippen LogP contribution in [0.5, 0.6) is 0 Å². The van der Waals surface area contributed by atoms with Crippen LogP contribution in [0, 0.1) is 0 Å². The lowest BCUT2D eigenvalue weighted by Gasteiger charge is -2.36. The molecule has 0 saturated carbocycles. The van der Waals surface area contributed by atoms with Crippen molar-refractivity contribution in [1.29, 1.82) is 0 Å². The van der Waals surface area contributed by atoms with Crippen molar-refractivity contribution >= 4 is 12.2 Å². The highest BCUT2D eigenvalue weighted by molar-refractivity contribution is 5.76. The number of ether oxygens (including phenoxy) is 1. The molecule has 2 fully saturated rings. The number of amides is 1. The molecule has 246 valence electrons. The quantitative estimate of drug-likeness (QED) is 0.256. The van der Waals surface area contributed by atoms with E-state index in [1.54, 1.807) is 36.2 Å². The molecule has 7 nitrogen and oxygen atoms in total. The second-order valence-electron chi connectivity index (χ2n) is 10.8. The van der Waals surface area contributed by atoms with E-state index in [1.807, 2.05) is 26.0 Å². The summed E-state index contributed by atoms with van der Waals surface area (Å²) < 4.78 is 43.9. The number of aldehydes is 1. The van der Waals surface area contributed by atoms with Gasteiger partial charge >= 0.3 is 6.18 Å². The SMILES string of the molecule is C1CNCCOC1.CC.CN(Cc1ccc(C=O)cc1)C(=O)CCCCCN1CCN(C2=CCC(C(F)(F)F)=CC=C2)CC1. The Balaban J connectivity index is 0.000000649. The zero-order valence-corrected chi connectivity index (χ0v) is 26.7. The number of carbonyl (C=O) groups is 2. The molecule has 1 aliphatic carbocycles. The molecule has 2 aliphatic heterocycles. The molecule has 44 heavy (non-hydrogen) atoms. The van der Waals surface area contributed by atoms with Gasteiger partial charge < -0.3 is 19.9 Å². The molecule has 0 spiro atoms. The Hall–Kier alpha value is -2.95. The van der Waals surface area contributed by atoms with Crippen LogP contribution in [0.4, 0.5) is 13.2 Å². The number of unbranched alkanes of at least 4 members (excludes halogenated alkanes) is 2. The van der Waals surface area contributed by atoms with E-state index >= 15 is 0 Å². The largest absolute Gasteiger partial charge is 0.412 e. The Morgan fingerprint density at radius 1 is 1.02 bits per heavy atom. The Morgan fingerprint density at radius 3 is 2.43 bits per heavy atom. The zero-order chi connectivity index (χ0) is 32.2. The molecule has 1 aromatic carbocycles. The number of rotatable bonds is 10. The third-order valence-electron chi connectivity index (χ3n) is 7.59. The highest BCUT2D eigenvalue weighted by atomic mass is 19.4. The number of allylic oxidation sites excluding steroid dienone is 5. The van der Waals surface area contributed by atoms with Crippen LogP contribution in [0.3, 0.4) is 0 Å². The van der Waals surface area contributed by atoms with Crippen LogP contribution in [0.1, 0.15) is 68.3 Å². The Kier molecular flexibility index (Phi) is 17.7. The van der Waals surface area contributed by atoms with Crippen LogP contribution < -0.4 is 5.32 Å². The van der Waals surface area contributed by atoms with E-state index in [1.165, 1.54) is 12.5 Å². The van der Waals surface area contributed by atoms with Crippen LogP contribution in [-0.2, 0) is 16.1 Å². The van der Waals surface area contributed by atoms with E-state index in [4.69, 9.17) is 4.74 Å². The summed E-state index contributed by atoms with van der Waals surface area (Å²) in [5.74, 6) is 0.117. The monoisotopic (exact) mass is 620 g/mol. The molecule has 1 aromatic rings. The second kappa shape index (κ2) is 20.9. The van der Waals surface area contributed by atoms with Crippen LogP contribution in [0.25, 0.3) is 0 Å². The van der Waals surface area contributed by atoms with Gasteiger partial charge in [-0.15, -0.1) is 0 Å². The highest BCUT2D eigenvalue weighted by Gasteiger charge is 2.32. The molecule has 2 saturated heterocycles. The first-order valence-corrected chi connectivity index (χ1v) is 15.9. The van der Waals surface area contributed by atoms with Gasteiger partial charge in [0.25, 0.3) is 0 Å². The van der Waals surface area contributed by atoms with Crippen molar-refractivity contribution in [3.05, 3.63) is 71.0 Å². The number of halogens is 3. The van der Waals surface area contributed by atoms with Crippen LogP contribution >= 0.6 is 0 Å². The van der Waals surface area contributed by atoms with Gasteiger partial charge in [0, 0.05) is 76.2 Å². The summed E-state index contributed by atoms with van der Waals surface area (Å²) in [4.78, 5) is 29.4. The van der Waals surface area contributed by atoms with Crippen molar-refractivity contribution in [2.45, 2.75) is 65.1 Å². The maximum atomic E-state index is 12.9. The van der Waals surface area contributed by atoms with Gasteiger partial charge in [0.05, 0.1) is 6.61 Å². The summed E-state index contributed by atoms with van der Waals surface area (Å²) >= 11 is 0. The van der Waals surface area contributed by atoms with Crippen molar-refractivity contribution in [1.82, 2.24) is 20.0 Å². The van der Waals surface area contributed by atoms with Gasteiger partial charge in [0.2, 0.25) is 5.91 Å². The third-order valence-corrected chi connectivity index (χ3v) is 7.59. The fraction of sp³-hybridized carbons (Fsp3) is 0.588. The Bertz CT molecular complexity index is 1040. The van der Waals surface area contributed by atoms with Gasteiger partial charge in [-0.3, -0.25) is 14.5 Å². The van der Waals surface area contributed by atoms with E-state index in [0.717, 1.165) is 102 Å². The lowest BCUT2D eigenvalue weighted by Crippen LogP contribution is -2.45. The summed E-state index contributed by atoms with van der Waals surface area (Å²) in [7, 11) is 1.80. The fourth-order valence-corrected chi connectivity index (χ4v) is 5.00. The van der Waals surface area contributed by atoms with E-state index in [0.29, 0.717) is 18.5 Å². The standard InChI is InChI=1S/C27H34F3N3O2.C5H11NO.C2H6/c1-31(20-22-9-11-23(21-34)12-10-22)26(35)8-3-2-4-15-32-16-18-33(19-17-32)25-7-5-6-24(13-14-25)27(28,29)30;1-2-6-3-5-7-4-1;1-2/h5-7,9-12,14,21H,2-4,8,13,15-20H2,1H3;6H,1-5H2;1-2H3. The van der Waals surface area contributed by atoms with Crippen molar-refractivity contribution in [2.24, 2.45) is 0 Å². The van der Waals surface area contributed by atoms with E-state index < -0.39 is 11.7 Å². The summed E-state index contributed by atoms with van der Waals surface area (Å²) in [6.07, 6.45) is 7.06. The van der Waals surface area contributed by atoms with Crippen molar-refractivity contribution < 1.29 is 27.5 Å². The fourth-order valence-electron chi connectivity index (χ4n) is 5.00. The first-order valence-electron chi connectivity index (χ1n) is 15.9. The third kappa shape index (κ3) is 14.2. The molecule has 0 radical (unpaired) electrons. The molecule has 4 rings (SSSR count). The number of hydrogen-bond acceptors (Lipinski definition) is 6. The zero-order valence-electron chi connectivity index (χ0n) is 26.7. The maximum absolute atomic E-state index is 12.9. The molecule has 0 atom stereocenters. The maximum Gasteiger partial charge on any atom is 0.412 e. The van der Waals surface area contributed by atoms with Gasteiger partial charge in [-0.2, -0.15) is 13.2 Å². The average molecular weight is 621 g/mol. The molecular weight excluding hydrogens is 569 g/mol. The summed E-state index contributed by atoms with van der Waals surface area (Å²) in [5.41, 5.74) is 1.97. The second-order valence-corrected chi connectivity index (χ2v) is 10.8. The smallest absolute Gasteiger partial charge is 0.380 e. The number of alkyl halides is 3. The number of piperazine rings is 1. The first kappa shape index (κ1) is 37.2. The van der Waals surface area contributed by atoms with E-state index in [2.05, 4.69) is 15.1 Å². The van der Waals surface area contributed by atoms with Gasteiger partial charge in [0.15, 0.2) is 0 Å². The molecule has 2 heterocycles. The Labute approximate surface area is 261 Å². The molecule has 1 N–H and O–H groups in total. The normalized spacial score (nSPS) is 17.5. The van der Waals surface area contributed by atoms with Crippen LogP contribution in [0.2, 0.25) is 0 Å². The highest BCUT2D eigenvalue weighted by Crippen LogP contribution is 2.30. The van der Waals surface area contributed by atoms with E-state index in [-0.39, 0.29) is 12.3 Å². The molecule has 3 aliphatic rings. The number of carbonyl (C=O) groups excluding carboxylic acids is 2. The van der Waals surface area contributed by atoms with Crippen molar-refractivity contribution in [3.63, 3.8) is 0 Å². The minimum atomic E-state index is -4.28. The molecule has 0 unspecified atom stereocenters. The van der Waals surface area contributed by atoms with Crippen LogP contribution in [-0.4, -0.2) is 99.1 Å². The lowest BCUT2D eigenvalue weighted by atomic mass is 10.1. The minimum Gasteiger partial charge on any atom is -0.380 e. The first-order chi connectivity index (χ1) is 21.3. The number of nitrogens with one attached hydrogen (secondary N) is 1. The van der Waals surface area contributed by atoms with Crippen molar-refractivity contribution in [3.8, 4) is 0 Å². The topological polar surface area (TPSA) is 65.1 Å². The van der Waals surface area contributed by atoms with Gasteiger partial charge in [-0.25, -0.2) is 0 Å². The molecule has 10 heteroatoms. The lowest BCUT2D eigenvalue weighted by molar-refractivity contribution is -0.130. The molecular formula is C34H51F3N4O3. The molecule has 0 aromatic heterocycles. The molecule has 1 amide bonds. The predicted molar refractivity (Wildman–Crippen MR) is 170 cm³/mol. The number of hydrogen-bond donors (Lipinski definition) is 1. The summed E-state index contributed by atoms with van der Waals surface area (Å²) in [6, 6.07) is 7.25. The Morgan fingerprint density at radius 2 is 1.75 bits per heavy atom. The van der Waals surface area contributed by atoms with Gasteiger partial charge in [-0.05, 0) is 50.4 Å². The minimum absolute atomic E-state index is 0.0909. The number of nitrogens with zero attached hydrogens (tertiary/aromatic N) is 3. The van der Waals surface area contributed by atoms with Crippen LogP contribution in [0.15, 0.2) is 59.8 Å². The summed E-state index contributed by atoms with van der Waals surface area (Å²) in [6.45, 7) is 12.8. The van der Waals surface area contributed by atoms with E-state index in [9.17, 15) is 22.8 Å². The predicted octanol–water partition coefficient (Wildman–Crippen LogP) is 5.99. The van der Waals surface area contributed by atoms with Gasteiger partial charge in [0.1, 0.15) is 6.29 Å². The molecule has 0 bridgehead atoms. The number of benzene rings is 1. The average Bonchev–Trinajstić information content (AvgIpc) is 3.49. The summed E-state index contributed by atoms with van der Waals surface area (Å²) in [5, 5.41) is 3.22.